The second-order valence-corrected chi connectivity index (χ2v) is 4.72. The second-order valence-electron chi connectivity index (χ2n) is 4.72. The SMILES string of the molecule is CCC(=O)CC.O=C(c1ccccc1)c1ccccc1[N+](=O)[O-]. The molecule has 0 saturated heterocycles. The van der Waals surface area contributed by atoms with Gasteiger partial charge in [-0.15, -0.1) is 0 Å². The highest BCUT2D eigenvalue weighted by molar-refractivity contribution is 6.11. The molecule has 0 atom stereocenters. The first kappa shape index (κ1) is 18.2. The zero-order valence-corrected chi connectivity index (χ0v) is 13.2. The molecule has 0 spiro atoms. The summed E-state index contributed by atoms with van der Waals surface area (Å²) < 4.78 is 0. The van der Waals surface area contributed by atoms with Gasteiger partial charge in [-0.1, -0.05) is 56.3 Å². The largest absolute Gasteiger partial charge is 0.300 e. The van der Waals surface area contributed by atoms with Crippen molar-refractivity contribution in [1.29, 1.82) is 0 Å². The van der Waals surface area contributed by atoms with Gasteiger partial charge >= 0.3 is 0 Å². The van der Waals surface area contributed by atoms with Crippen molar-refractivity contribution in [2.24, 2.45) is 0 Å². The zero-order valence-electron chi connectivity index (χ0n) is 13.2. The first-order valence-electron chi connectivity index (χ1n) is 7.36. The maximum absolute atomic E-state index is 12.1. The fraction of sp³-hybridized carbons (Fsp3) is 0.222. The number of rotatable bonds is 5. The smallest absolute Gasteiger partial charge is 0.280 e. The van der Waals surface area contributed by atoms with E-state index in [9.17, 15) is 19.7 Å². The minimum atomic E-state index is -0.545. The Kier molecular flexibility index (Phi) is 7.33. The van der Waals surface area contributed by atoms with E-state index < -0.39 is 4.92 Å². The highest BCUT2D eigenvalue weighted by Gasteiger charge is 2.19. The number of carbonyl (C=O) groups is 2. The first-order valence-corrected chi connectivity index (χ1v) is 7.36. The van der Waals surface area contributed by atoms with E-state index >= 15 is 0 Å². The van der Waals surface area contributed by atoms with Gasteiger partial charge < -0.3 is 0 Å². The van der Waals surface area contributed by atoms with Crippen LogP contribution in [-0.4, -0.2) is 16.5 Å². The lowest BCUT2D eigenvalue weighted by atomic mass is 10.0. The number of ketones is 2. The van der Waals surface area contributed by atoms with E-state index in [1.54, 1.807) is 42.5 Å². The third-order valence-corrected chi connectivity index (χ3v) is 3.17. The van der Waals surface area contributed by atoms with Crippen molar-refractivity contribution in [3.63, 3.8) is 0 Å². The summed E-state index contributed by atoms with van der Waals surface area (Å²) in [6.07, 6.45) is 1.38. The van der Waals surface area contributed by atoms with Gasteiger partial charge in [-0.25, -0.2) is 0 Å². The molecule has 5 nitrogen and oxygen atoms in total. The standard InChI is InChI=1S/C13H9NO3.C5H10O/c15-13(10-6-2-1-3-7-10)11-8-4-5-9-12(11)14(16)17;1-3-5(6)4-2/h1-9H;3-4H2,1-2H3. The molecule has 0 saturated carbocycles. The number of nitro benzene ring substituents is 1. The van der Waals surface area contributed by atoms with Gasteiger partial charge in [0, 0.05) is 24.5 Å². The van der Waals surface area contributed by atoms with Crippen LogP contribution in [0.15, 0.2) is 54.6 Å². The molecule has 0 aliphatic heterocycles. The van der Waals surface area contributed by atoms with Gasteiger partial charge in [0.25, 0.3) is 5.69 Å². The number of nitrogens with zero attached hydrogens (tertiary/aromatic N) is 1. The Hall–Kier alpha value is -2.82. The average Bonchev–Trinajstić information content (AvgIpc) is 2.61. The lowest BCUT2D eigenvalue weighted by Gasteiger charge is -2.01. The molecule has 0 unspecified atom stereocenters. The fourth-order valence-corrected chi connectivity index (χ4v) is 1.82. The summed E-state index contributed by atoms with van der Waals surface area (Å²) in [5.74, 6) is 0.00731. The Bertz CT molecular complexity index is 674. The van der Waals surface area contributed by atoms with E-state index in [4.69, 9.17) is 0 Å². The third kappa shape index (κ3) is 5.47. The summed E-state index contributed by atoms with van der Waals surface area (Å²) in [7, 11) is 0. The molecule has 5 heteroatoms. The second kappa shape index (κ2) is 9.25. The Morgan fingerprint density at radius 1 is 0.913 bits per heavy atom. The average molecular weight is 313 g/mol. The molecular weight excluding hydrogens is 294 g/mol. The first-order chi connectivity index (χ1) is 11.0. The minimum absolute atomic E-state index is 0.115. The topological polar surface area (TPSA) is 77.3 Å². The molecule has 0 N–H and O–H groups in total. The van der Waals surface area contributed by atoms with E-state index in [0.29, 0.717) is 24.2 Å². The molecule has 0 bridgehead atoms. The number of para-hydroxylation sites is 1. The summed E-state index contributed by atoms with van der Waals surface area (Å²) in [6, 6.07) is 14.5. The summed E-state index contributed by atoms with van der Waals surface area (Å²) in [6.45, 7) is 3.76. The summed E-state index contributed by atoms with van der Waals surface area (Å²) in [5.41, 5.74) is 0.395. The highest BCUT2D eigenvalue weighted by Crippen LogP contribution is 2.20. The molecule has 2 rings (SSSR count). The number of hydrogen-bond donors (Lipinski definition) is 0. The van der Waals surface area contributed by atoms with Crippen LogP contribution in [0.3, 0.4) is 0 Å². The lowest BCUT2D eigenvalue weighted by Crippen LogP contribution is -2.04. The van der Waals surface area contributed by atoms with Crippen molar-refractivity contribution in [2.75, 3.05) is 0 Å². The molecule has 0 aliphatic carbocycles. The van der Waals surface area contributed by atoms with Crippen molar-refractivity contribution in [1.82, 2.24) is 0 Å². The quantitative estimate of drug-likeness (QED) is 0.471. The van der Waals surface area contributed by atoms with Crippen molar-refractivity contribution in [3.8, 4) is 0 Å². The van der Waals surface area contributed by atoms with E-state index in [2.05, 4.69) is 0 Å². The number of benzene rings is 2. The Balaban J connectivity index is 0.000000379. The predicted octanol–water partition coefficient (Wildman–Crippen LogP) is 4.20. The monoisotopic (exact) mass is 313 g/mol. The minimum Gasteiger partial charge on any atom is -0.300 e. The van der Waals surface area contributed by atoms with Crippen LogP contribution in [0.25, 0.3) is 0 Å². The van der Waals surface area contributed by atoms with Crippen molar-refractivity contribution >= 4 is 17.3 Å². The molecule has 2 aromatic carbocycles. The Morgan fingerprint density at radius 2 is 1.43 bits per heavy atom. The Labute approximate surface area is 135 Å². The zero-order chi connectivity index (χ0) is 17.2. The molecule has 0 aliphatic rings. The molecule has 0 heterocycles. The van der Waals surface area contributed by atoms with E-state index in [-0.39, 0.29) is 17.0 Å². The number of nitro groups is 1. The van der Waals surface area contributed by atoms with Crippen LogP contribution in [0.5, 0.6) is 0 Å². The van der Waals surface area contributed by atoms with Gasteiger partial charge in [-0.2, -0.15) is 0 Å². The molecule has 120 valence electrons. The van der Waals surface area contributed by atoms with Crippen LogP contribution in [0.1, 0.15) is 42.6 Å². The highest BCUT2D eigenvalue weighted by atomic mass is 16.6. The molecule has 2 aromatic rings. The predicted molar refractivity (Wildman–Crippen MR) is 88.6 cm³/mol. The number of hydrogen-bond acceptors (Lipinski definition) is 4. The lowest BCUT2D eigenvalue weighted by molar-refractivity contribution is -0.385. The maximum Gasteiger partial charge on any atom is 0.280 e. The van der Waals surface area contributed by atoms with Crippen LogP contribution < -0.4 is 0 Å². The van der Waals surface area contributed by atoms with Crippen molar-refractivity contribution in [2.45, 2.75) is 26.7 Å². The molecule has 0 aromatic heterocycles. The van der Waals surface area contributed by atoms with Gasteiger partial charge in [-0.05, 0) is 6.07 Å². The normalized spacial score (nSPS) is 9.48. The van der Waals surface area contributed by atoms with Crippen LogP contribution in [0.4, 0.5) is 5.69 Å². The summed E-state index contributed by atoms with van der Waals surface area (Å²) in [5, 5.41) is 10.8. The van der Waals surface area contributed by atoms with Gasteiger partial charge in [0.05, 0.1) is 4.92 Å². The molecular formula is C18H19NO4. The third-order valence-electron chi connectivity index (χ3n) is 3.17. The van der Waals surface area contributed by atoms with E-state index in [0.717, 1.165) is 0 Å². The van der Waals surface area contributed by atoms with Gasteiger partial charge in [0.15, 0.2) is 5.78 Å². The summed E-state index contributed by atoms with van der Waals surface area (Å²) >= 11 is 0. The summed E-state index contributed by atoms with van der Waals surface area (Å²) in [4.78, 5) is 32.5. The van der Waals surface area contributed by atoms with Crippen molar-refractivity contribution in [3.05, 3.63) is 75.8 Å². The van der Waals surface area contributed by atoms with Crippen LogP contribution in [-0.2, 0) is 4.79 Å². The van der Waals surface area contributed by atoms with Crippen LogP contribution >= 0.6 is 0 Å². The van der Waals surface area contributed by atoms with Gasteiger partial charge in [0.1, 0.15) is 11.3 Å². The molecule has 0 amide bonds. The Morgan fingerprint density at radius 3 is 1.91 bits per heavy atom. The number of Topliss-reactive ketones (excluding diaryl/α,β-unsaturated/α-hetero) is 1. The van der Waals surface area contributed by atoms with Crippen LogP contribution in [0.2, 0.25) is 0 Å². The molecule has 0 fully saturated rings. The van der Waals surface area contributed by atoms with Crippen LogP contribution in [0, 0.1) is 10.1 Å². The van der Waals surface area contributed by atoms with Gasteiger partial charge in [-0.3, -0.25) is 19.7 Å². The number of carbonyl (C=O) groups excluding carboxylic acids is 2. The fourth-order valence-electron chi connectivity index (χ4n) is 1.82. The van der Waals surface area contributed by atoms with Crippen molar-refractivity contribution < 1.29 is 14.5 Å². The molecule has 0 radical (unpaired) electrons. The van der Waals surface area contributed by atoms with E-state index in [1.807, 2.05) is 13.8 Å². The van der Waals surface area contributed by atoms with Gasteiger partial charge in [0.2, 0.25) is 0 Å². The molecule has 23 heavy (non-hydrogen) atoms. The van der Waals surface area contributed by atoms with E-state index in [1.165, 1.54) is 12.1 Å². The maximum atomic E-state index is 12.1.